The van der Waals surface area contributed by atoms with E-state index >= 15 is 0 Å². The van der Waals surface area contributed by atoms with Crippen molar-refractivity contribution in [1.29, 1.82) is 0 Å². The minimum absolute atomic E-state index is 0.0407. The molecule has 0 aliphatic heterocycles. The van der Waals surface area contributed by atoms with E-state index in [2.05, 4.69) is 16.7 Å². The standard InChI is InChI=1S/C37H40ClN5O4S/c1-23-17-31(24(2)35(45)42(23)21-26-12-9-10-14-32(26)48-6)47-22-27-13-8-7-11-25(27)20-39-36(46)40-34-19-33(37(3,4)5)41-43(34)28-15-16-30(44)29(38)18-28/h7-19,44H,20-22H2,1-6H3,(H2,39,40,46). The molecule has 3 N–H and O–H groups in total. The fourth-order valence-electron chi connectivity index (χ4n) is 5.22. The lowest BCUT2D eigenvalue weighted by Gasteiger charge is -2.17. The van der Waals surface area contributed by atoms with Crippen molar-refractivity contribution < 1.29 is 14.6 Å². The molecule has 0 aliphatic rings. The lowest BCUT2D eigenvalue weighted by Crippen LogP contribution is -2.29. The Morgan fingerprint density at radius 2 is 1.67 bits per heavy atom. The van der Waals surface area contributed by atoms with Crippen molar-refractivity contribution in [3.05, 3.63) is 128 Å². The van der Waals surface area contributed by atoms with E-state index in [1.54, 1.807) is 40.1 Å². The zero-order valence-corrected chi connectivity index (χ0v) is 29.5. The van der Waals surface area contributed by atoms with E-state index in [1.807, 2.05) is 88.5 Å². The van der Waals surface area contributed by atoms with Crippen molar-refractivity contribution in [2.24, 2.45) is 0 Å². The summed E-state index contributed by atoms with van der Waals surface area (Å²) in [5.74, 6) is 0.943. The molecule has 48 heavy (non-hydrogen) atoms. The molecule has 3 aromatic carbocycles. The largest absolute Gasteiger partial charge is 0.506 e. The number of hydrogen-bond acceptors (Lipinski definition) is 6. The Labute approximate surface area is 289 Å². The van der Waals surface area contributed by atoms with E-state index in [0.717, 1.165) is 33.0 Å². The molecule has 0 saturated heterocycles. The number of benzene rings is 3. The summed E-state index contributed by atoms with van der Waals surface area (Å²) in [6, 6.07) is 23.8. The number of urea groups is 1. The number of anilines is 1. The number of halogens is 1. The molecule has 0 fully saturated rings. The predicted molar refractivity (Wildman–Crippen MR) is 193 cm³/mol. The van der Waals surface area contributed by atoms with Gasteiger partial charge >= 0.3 is 6.03 Å². The average Bonchev–Trinajstić information content (AvgIpc) is 3.49. The molecule has 9 nitrogen and oxygen atoms in total. The second-order valence-corrected chi connectivity index (χ2v) is 13.8. The lowest BCUT2D eigenvalue weighted by atomic mass is 9.92. The lowest BCUT2D eigenvalue weighted by molar-refractivity contribution is 0.251. The topological polar surface area (TPSA) is 110 Å². The zero-order chi connectivity index (χ0) is 34.6. The molecule has 0 radical (unpaired) electrons. The molecule has 5 rings (SSSR count). The summed E-state index contributed by atoms with van der Waals surface area (Å²) in [7, 11) is 0. The smallest absolute Gasteiger partial charge is 0.320 e. The number of nitrogens with one attached hydrogen (secondary N) is 2. The van der Waals surface area contributed by atoms with Crippen LogP contribution < -0.4 is 20.9 Å². The number of carbonyl (C=O) groups is 1. The summed E-state index contributed by atoms with van der Waals surface area (Å²) in [5.41, 5.74) is 5.20. The summed E-state index contributed by atoms with van der Waals surface area (Å²) >= 11 is 7.83. The Balaban J connectivity index is 1.28. The van der Waals surface area contributed by atoms with Crippen LogP contribution in [0.4, 0.5) is 10.6 Å². The number of carbonyl (C=O) groups excluding carboxylic acids is 1. The van der Waals surface area contributed by atoms with Crippen LogP contribution >= 0.6 is 23.4 Å². The molecule has 2 amide bonds. The van der Waals surface area contributed by atoms with E-state index in [1.165, 1.54) is 6.07 Å². The number of phenols is 1. The van der Waals surface area contributed by atoms with Crippen LogP contribution in [-0.2, 0) is 25.1 Å². The highest BCUT2D eigenvalue weighted by Crippen LogP contribution is 2.30. The number of pyridine rings is 1. The maximum atomic E-state index is 13.4. The highest BCUT2D eigenvalue weighted by Gasteiger charge is 2.22. The van der Waals surface area contributed by atoms with Gasteiger partial charge < -0.3 is 19.7 Å². The van der Waals surface area contributed by atoms with Crippen LogP contribution in [0.5, 0.6) is 11.5 Å². The first-order valence-electron chi connectivity index (χ1n) is 15.5. The monoisotopic (exact) mass is 685 g/mol. The van der Waals surface area contributed by atoms with E-state index in [0.29, 0.717) is 29.4 Å². The molecule has 0 unspecified atom stereocenters. The van der Waals surface area contributed by atoms with Gasteiger partial charge in [0.1, 0.15) is 23.9 Å². The number of nitrogens with zero attached hydrogens (tertiary/aromatic N) is 3. The Morgan fingerprint density at radius 1 is 0.979 bits per heavy atom. The fraction of sp³-hybridized carbons (Fsp3) is 0.270. The average molecular weight is 686 g/mol. The molecule has 11 heteroatoms. The van der Waals surface area contributed by atoms with Gasteiger partial charge in [-0.1, -0.05) is 74.8 Å². The van der Waals surface area contributed by atoms with Gasteiger partial charge in [0.05, 0.1) is 28.5 Å². The first-order chi connectivity index (χ1) is 22.8. The highest BCUT2D eigenvalue weighted by atomic mass is 35.5. The molecular formula is C37H40ClN5O4S. The molecule has 250 valence electrons. The molecule has 0 aliphatic carbocycles. The number of aryl methyl sites for hydroxylation is 1. The fourth-order valence-corrected chi connectivity index (χ4v) is 6.00. The third-order valence-corrected chi connectivity index (χ3v) is 9.20. The van der Waals surface area contributed by atoms with Crippen LogP contribution in [0.1, 0.15) is 54.4 Å². The van der Waals surface area contributed by atoms with Gasteiger partial charge in [0.15, 0.2) is 0 Å². The highest BCUT2D eigenvalue weighted by molar-refractivity contribution is 7.98. The van der Waals surface area contributed by atoms with Crippen molar-refractivity contribution >= 4 is 35.2 Å². The van der Waals surface area contributed by atoms with Gasteiger partial charge in [0.2, 0.25) is 0 Å². The molecule has 5 aromatic rings. The molecule has 0 saturated carbocycles. The Hall–Kier alpha value is -4.67. The number of thioether (sulfide) groups is 1. The van der Waals surface area contributed by atoms with E-state index < -0.39 is 6.03 Å². The Morgan fingerprint density at radius 3 is 2.35 bits per heavy atom. The van der Waals surface area contributed by atoms with Crippen LogP contribution in [0.25, 0.3) is 5.69 Å². The second-order valence-electron chi connectivity index (χ2n) is 12.6. The van der Waals surface area contributed by atoms with E-state index in [-0.39, 0.29) is 34.9 Å². The minimum Gasteiger partial charge on any atom is -0.506 e. The van der Waals surface area contributed by atoms with Crippen LogP contribution in [0.3, 0.4) is 0 Å². The normalized spacial score (nSPS) is 11.4. The summed E-state index contributed by atoms with van der Waals surface area (Å²) in [5, 5.41) is 20.6. The van der Waals surface area contributed by atoms with Gasteiger partial charge in [-0.25, -0.2) is 9.48 Å². The Kier molecular flexibility index (Phi) is 10.6. The molecule has 2 aromatic heterocycles. The van der Waals surface area contributed by atoms with Crippen molar-refractivity contribution in [1.82, 2.24) is 19.7 Å². The summed E-state index contributed by atoms with van der Waals surface area (Å²) in [6.07, 6.45) is 2.03. The molecular weight excluding hydrogens is 646 g/mol. The quantitative estimate of drug-likeness (QED) is 0.129. The van der Waals surface area contributed by atoms with E-state index in [9.17, 15) is 14.7 Å². The van der Waals surface area contributed by atoms with E-state index in [4.69, 9.17) is 21.4 Å². The number of aromatic nitrogens is 3. The van der Waals surface area contributed by atoms with Crippen LogP contribution in [0.2, 0.25) is 5.02 Å². The summed E-state index contributed by atoms with van der Waals surface area (Å²) < 4.78 is 9.58. The Bertz CT molecular complexity index is 2010. The minimum atomic E-state index is -0.421. The second kappa shape index (κ2) is 14.6. The first-order valence-corrected chi connectivity index (χ1v) is 17.1. The third-order valence-electron chi connectivity index (χ3n) is 8.06. The molecule has 0 atom stereocenters. The summed E-state index contributed by atoms with van der Waals surface area (Å²) in [6.45, 7) is 10.8. The number of amides is 2. The van der Waals surface area contributed by atoms with Gasteiger partial charge in [-0.05, 0) is 67.1 Å². The maximum absolute atomic E-state index is 13.4. The van der Waals surface area contributed by atoms with Gasteiger partial charge in [-0.15, -0.1) is 11.8 Å². The van der Waals surface area contributed by atoms with Gasteiger partial charge in [-0.3, -0.25) is 10.1 Å². The first kappa shape index (κ1) is 34.7. The molecule has 0 spiro atoms. The van der Waals surface area contributed by atoms with Crippen molar-refractivity contribution in [3.8, 4) is 17.2 Å². The van der Waals surface area contributed by atoms with Crippen molar-refractivity contribution in [3.63, 3.8) is 0 Å². The molecule has 0 bridgehead atoms. The SMILES string of the molecule is CSc1ccccc1Cn1c(C)cc(OCc2ccccc2CNC(=O)Nc2cc(C(C)(C)C)nn2-c2ccc(O)c(Cl)c2)c(C)c1=O. The number of rotatable bonds is 10. The van der Waals surface area contributed by atoms with Gasteiger partial charge in [-0.2, -0.15) is 5.10 Å². The number of phenolic OH excluding ortho intramolecular Hbond substituents is 1. The van der Waals surface area contributed by atoms with Crippen molar-refractivity contribution in [2.45, 2.75) is 64.6 Å². The number of aromatic hydroxyl groups is 1. The van der Waals surface area contributed by atoms with Crippen LogP contribution in [0, 0.1) is 13.8 Å². The predicted octanol–water partition coefficient (Wildman–Crippen LogP) is 7.98. The van der Waals surface area contributed by atoms with Crippen LogP contribution in [0.15, 0.2) is 88.6 Å². The third kappa shape index (κ3) is 7.89. The van der Waals surface area contributed by atoms with Gasteiger partial charge in [0, 0.05) is 28.6 Å². The maximum Gasteiger partial charge on any atom is 0.320 e. The molecule has 2 heterocycles. The number of hydrogen-bond donors (Lipinski definition) is 3. The van der Waals surface area contributed by atoms with Crippen LogP contribution in [-0.4, -0.2) is 31.7 Å². The van der Waals surface area contributed by atoms with Gasteiger partial charge in [0.25, 0.3) is 5.56 Å². The van der Waals surface area contributed by atoms with Crippen molar-refractivity contribution in [2.75, 3.05) is 11.6 Å². The summed E-state index contributed by atoms with van der Waals surface area (Å²) in [4.78, 5) is 27.7. The number of ether oxygens (including phenoxy) is 1. The zero-order valence-electron chi connectivity index (χ0n) is 27.9.